The van der Waals surface area contributed by atoms with Crippen molar-refractivity contribution in [2.45, 2.75) is 39.5 Å². The Balaban J connectivity index is 1.96. The molecule has 3 heteroatoms. The molecule has 19 heavy (non-hydrogen) atoms. The molecule has 0 aliphatic carbocycles. The van der Waals surface area contributed by atoms with Gasteiger partial charge in [0.2, 0.25) is 0 Å². The number of benzene rings is 1. The van der Waals surface area contributed by atoms with Gasteiger partial charge in [-0.25, -0.2) is 0 Å². The highest BCUT2D eigenvalue weighted by molar-refractivity contribution is 5.30. The molecule has 0 aliphatic rings. The van der Waals surface area contributed by atoms with E-state index in [0.717, 1.165) is 12.3 Å². The van der Waals surface area contributed by atoms with Crippen LogP contribution in [0.1, 0.15) is 38.1 Å². The van der Waals surface area contributed by atoms with Gasteiger partial charge >= 0.3 is 0 Å². The van der Waals surface area contributed by atoms with Crippen molar-refractivity contribution >= 4 is 0 Å². The molecule has 102 valence electrons. The molecule has 1 heterocycles. The van der Waals surface area contributed by atoms with Gasteiger partial charge < -0.3 is 15.0 Å². The smallest absolute Gasteiger partial charge is 0.120 e. The van der Waals surface area contributed by atoms with E-state index in [1.54, 1.807) is 0 Å². The molecule has 3 nitrogen and oxygen atoms in total. The lowest BCUT2D eigenvalue weighted by atomic mass is 10.1. The zero-order valence-corrected chi connectivity index (χ0v) is 11.8. The SMILES string of the molecule is CC(C)Oc1cccc(C(C)NCc2ccc[nH]2)c1. The zero-order valence-electron chi connectivity index (χ0n) is 11.8. The molecule has 0 aliphatic heterocycles. The second-order valence-electron chi connectivity index (χ2n) is 5.04. The largest absolute Gasteiger partial charge is 0.491 e. The predicted octanol–water partition coefficient (Wildman–Crippen LogP) is 3.65. The fraction of sp³-hybridized carbons (Fsp3) is 0.375. The molecule has 0 bridgehead atoms. The quantitative estimate of drug-likeness (QED) is 0.829. The fourth-order valence-electron chi connectivity index (χ4n) is 1.99. The van der Waals surface area contributed by atoms with Gasteiger partial charge in [-0.15, -0.1) is 0 Å². The van der Waals surface area contributed by atoms with Crippen LogP contribution in [0.15, 0.2) is 42.6 Å². The first-order valence-electron chi connectivity index (χ1n) is 6.77. The summed E-state index contributed by atoms with van der Waals surface area (Å²) in [7, 11) is 0. The molecule has 1 aromatic heterocycles. The van der Waals surface area contributed by atoms with E-state index < -0.39 is 0 Å². The van der Waals surface area contributed by atoms with E-state index in [-0.39, 0.29) is 6.10 Å². The standard InChI is InChI=1S/C16H22N2O/c1-12(2)19-16-8-4-6-14(10-16)13(3)18-11-15-7-5-9-17-15/h4-10,12-13,17-18H,11H2,1-3H3. The maximum atomic E-state index is 5.72. The van der Waals surface area contributed by atoms with Crippen molar-refractivity contribution in [2.75, 3.05) is 0 Å². The van der Waals surface area contributed by atoms with E-state index >= 15 is 0 Å². The molecular formula is C16H22N2O. The Bertz CT molecular complexity index is 491. The van der Waals surface area contributed by atoms with E-state index in [1.807, 2.05) is 38.2 Å². The molecule has 2 aromatic rings. The number of aromatic amines is 1. The number of H-pyrrole nitrogens is 1. The third kappa shape index (κ3) is 4.14. The minimum atomic E-state index is 0.206. The Morgan fingerprint density at radius 1 is 1.16 bits per heavy atom. The zero-order chi connectivity index (χ0) is 13.7. The van der Waals surface area contributed by atoms with Gasteiger partial charge in [0, 0.05) is 24.5 Å². The van der Waals surface area contributed by atoms with Gasteiger partial charge in [-0.3, -0.25) is 0 Å². The van der Waals surface area contributed by atoms with Crippen LogP contribution in [-0.2, 0) is 6.54 Å². The summed E-state index contributed by atoms with van der Waals surface area (Å²) in [4.78, 5) is 3.19. The van der Waals surface area contributed by atoms with Crippen molar-refractivity contribution in [2.24, 2.45) is 0 Å². The first-order chi connectivity index (χ1) is 9.15. The second kappa shape index (κ2) is 6.43. The van der Waals surface area contributed by atoms with Gasteiger partial charge in [-0.05, 0) is 50.6 Å². The van der Waals surface area contributed by atoms with Gasteiger partial charge in [-0.2, -0.15) is 0 Å². The molecule has 0 radical (unpaired) electrons. The molecule has 2 N–H and O–H groups in total. The topological polar surface area (TPSA) is 37.0 Å². The molecule has 0 fully saturated rings. The van der Waals surface area contributed by atoms with Gasteiger partial charge in [0.15, 0.2) is 0 Å². The minimum Gasteiger partial charge on any atom is -0.491 e. The maximum absolute atomic E-state index is 5.72. The number of rotatable bonds is 6. The lowest BCUT2D eigenvalue weighted by molar-refractivity contribution is 0.242. The third-order valence-electron chi connectivity index (χ3n) is 2.99. The summed E-state index contributed by atoms with van der Waals surface area (Å²) < 4.78 is 5.72. The highest BCUT2D eigenvalue weighted by atomic mass is 16.5. The van der Waals surface area contributed by atoms with Gasteiger partial charge in [0.25, 0.3) is 0 Å². The van der Waals surface area contributed by atoms with E-state index in [9.17, 15) is 0 Å². The lowest BCUT2D eigenvalue weighted by Crippen LogP contribution is -2.18. The summed E-state index contributed by atoms with van der Waals surface area (Å²) in [5, 5.41) is 3.50. The van der Waals surface area contributed by atoms with Gasteiger partial charge in [0.1, 0.15) is 5.75 Å². The van der Waals surface area contributed by atoms with Crippen LogP contribution in [0.4, 0.5) is 0 Å². The normalized spacial score (nSPS) is 12.6. The average molecular weight is 258 g/mol. The summed E-state index contributed by atoms with van der Waals surface area (Å²) in [5.41, 5.74) is 2.44. The van der Waals surface area contributed by atoms with Crippen molar-refractivity contribution < 1.29 is 4.74 Å². The Labute approximate surface area is 115 Å². The Kier molecular flexibility index (Phi) is 4.63. The van der Waals surface area contributed by atoms with Crippen LogP contribution < -0.4 is 10.1 Å². The van der Waals surface area contributed by atoms with E-state index in [4.69, 9.17) is 4.74 Å². The number of hydrogen-bond donors (Lipinski definition) is 2. The minimum absolute atomic E-state index is 0.206. The van der Waals surface area contributed by atoms with Crippen LogP contribution in [0.25, 0.3) is 0 Å². The van der Waals surface area contributed by atoms with Crippen molar-refractivity contribution in [1.29, 1.82) is 0 Å². The Morgan fingerprint density at radius 2 is 2.00 bits per heavy atom. The molecule has 0 saturated heterocycles. The van der Waals surface area contributed by atoms with Gasteiger partial charge in [-0.1, -0.05) is 12.1 Å². The van der Waals surface area contributed by atoms with E-state index in [1.165, 1.54) is 11.3 Å². The summed E-state index contributed by atoms with van der Waals surface area (Å²) >= 11 is 0. The van der Waals surface area contributed by atoms with Crippen LogP contribution in [0.2, 0.25) is 0 Å². The van der Waals surface area contributed by atoms with Crippen LogP contribution in [0.5, 0.6) is 5.75 Å². The average Bonchev–Trinajstić information content (AvgIpc) is 2.88. The van der Waals surface area contributed by atoms with Crippen LogP contribution in [0.3, 0.4) is 0 Å². The highest BCUT2D eigenvalue weighted by Crippen LogP contribution is 2.20. The van der Waals surface area contributed by atoms with E-state index in [2.05, 4.69) is 35.4 Å². The third-order valence-corrected chi connectivity index (χ3v) is 2.99. The molecule has 2 rings (SSSR count). The maximum Gasteiger partial charge on any atom is 0.120 e. The second-order valence-corrected chi connectivity index (χ2v) is 5.04. The van der Waals surface area contributed by atoms with Crippen molar-refractivity contribution in [3.63, 3.8) is 0 Å². The predicted molar refractivity (Wildman–Crippen MR) is 78.3 cm³/mol. The van der Waals surface area contributed by atoms with Crippen LogP contribution in [0, 0.1) is 0 Å². The summed E-state index contributed by atoms with van der Waals surface area (Å²) in [6, 6.07) is 12.7. The Morgan fingerprint density at radius 3 is 2.68 bits per heavy atom. The monoisotopic (exact) mass is 258 g/mol. The molecular weight excluding hydrogens is 236 g/mol. The van der Waals surface area contributed by atoms with E-state index in [0.29, 0.717) is 6.04 Å². The first kappa shape index (κ1) is 13.7. The van der Waals surface area contributed by atoms with Crippen LogP contribution in [-0.4, -0.2) is 11.1 Å². The summed E-state index contributed by atoms with van der Waals surface area (Å²) in [6.45, 7) is 7.08. The summed E-state index contributed by atoms with van der Waals surface area (Å²) in [5.74, 6) is 0.932. The molecule has 1 atom stereocenters. The van der Waals surface area contributed by atoms with Crippen molar-refractivity contribution in [3.8, 4) is 5.75 Å². The summed E-state index contributed by atoms with van der Waals surface area (Å²) in [6.07, 6.45) is 2.15. The fourth-order valence-corrected chi connectivity index (χ4v) is 1.99. The number of nitrogens with one attached hydrogen (secondary N) is 2. The van der Waals surface area contributed by atoms with Crippen molar-refractivity contribution in [3.05, 3.63) is 53.9 Å². The molecule has 0 saturated carbocycles. The van der Waals surface area contributed by atoms with Crippen LogP contribution >= 0.6 is 0 Å². The molecule has 1 unspecified atom stereocenters. The van der Waals surface area contributed by atoms with Crippen molar-refractivity contribution in [1.82, 2.24) is 10.3 Å². The number of aromatic nitrogens is 1. The first-order valence-corrected chi connectivity index (χ1v) is 6.77. The highest BCUT2D eigenvalue weighted by Gasteiger charge is 2.07. The van der Waals surface area contributed by atoms with Gasteiger partial charge in [0.05, 0.1) is 6.10 Å². The molecule has 0 amide bonds. The lowest BCUT2D eigenvalue weighted by Gasteiger charge is -2.16. The Hall–Kier alpha value is -1.74. The molecule has 0 spiro atoms. The molecule has 1 aromatic carbocycles. The number of hydrogen-bond acceptors (Lipinski definition) is 2. The number of ether oxygens (including phenoxy) is 1.